The number of carbonyl (C=O) groups is 2. The predicted molar refractivity (Wildman–Crippen MR) is 90.4 cm³/mol. The van der Waals surface area contributed by atoms with Crippen molar-refractivity contribution in [2.45, 2.75) is 32.8 Å². The topological polar surface area (TPSA) is 73.9 Å². The maximum Gasteiger partial charge on any atom is 0.306 e. The van der Waals surface area contributed by atoms with Crippen LogP contribution in [-0.2, 0) is 30.4 Å². The van der Waals surface area contributed by atoms with E-state index in [2.05, 4.69) is 5.32 Å². The van der Waals surface area contributed by atoms with Crippen molar-refractivity contribution in [3.8, 4) is 0 Å². The highest BCUT2D eigenvalue weighted by molar-refractivity contribution is 5.81. The standard InChI is InChI=1S/C18H27NO5/c1-2-11-22-13-14-23-12-10-19-17(20)8-9-18(21)24-15-16-6-4-3-5-7-16/h3-7H,2,8-15H2,1H3,(H,19,20). The molecule has 6 nitrogen and oxygen atoms in total. The zero-order valence-electron chi connectivity index (χ0n) is 14.3. The van der Waals surface area contributed by atoms with E-state index in [1.807, 2.05) is 37.3 Å². The fourth-order valence-corrected chi connectivity index (χ4v) is 1.84. The van der Waals surface area contributed by atoms with E-state index in [0.29, 0.717) is 26.4 Å². The van der Waals surface area contributed by atoms with E-state index in [1.54, 1.807) is 0 Å². The third kappa shape index (κ3) is 10.7. The third-order valence-electron chi connectivity index (χ3n) is 3.09. The lowest BCUT2D eigenvalue weighted by atomic mass is 10.2. The number of esters is 1. The fraction of sp³-hybridized carbons (Fsp3) is 0.556. The highest BCUT2D eigenvalue weighted by Crippen LogP contribution is 2.02. The van der Waals surface area contributed by atoms with Gasteiger partial charge in [0.15, 0.2) is 0 Å². The molecule has 0 aliphatic heterocycles. The molecule has 0 aromatic heterocycles. The predicted octanol–water partition coefficient (Wildman–Crippen LogP) is 2.07. The first-order valence-electron chi connectivity index (χ1n) is 8.34. The first kappa shape index (κ1) is 20.1. The van der Waals surface area contributed by atoms with Crippen molar-refractivity contribution in [3.63, 3.8) is 0 Å². The molecule has 1 aromatic rings. The van der Waals surface area contributed by atoms with Gasteiger partial charge in [0.25, 0.3) is 0 Å². The number of hydrogen-bond acceptors (Lipinski definition) is 5. The lowest BCUT2D eigenvalue weighted by Crippen LogP contribution is -2.28. The Morgan fingerprint density at radius 2 is 1.67 bits per heavy atom. The van der Waals surface area contributed by atoms with Crippen molar-refractivity contribution in [2.75, 3.05) is 33.0 Å². The summed E-state index contributed by atoms with van der Waals surface area (Å²) in [6.45, 7) is 4.95. The van der Waals surface area contributed by atoms with E-state index < -0.39 is 0 Å². The van der Waals surface area contributed by atoms with Gasteiger partial charge in [0.05, 0.1) is 26.2 Å². The molecule has 0 atom stereocenters. The van der Waals surface area contributed by atoms with Gasteiger partial charge in [-0.2, -0.15) is 0 Å². The summed E-state index contributed by atoms with van der Waals surface area (Å²) in [6.07, 6.45) is 1.18. The summed E-state index contributed by atoms with van der Waals surface area (Å²) in [4.78, 5) is 23.2. The second-order valence-corrected chi connectivity index (χ2v) is 5.22. The van der Waals surface area contributed by atoms with Gasteiger partial charge in [0, 0.05) is 19.6 Å². The Labute approximate surface area is 143 Å². The molecule has 0 saturated heterocycles. The lowest BCUT2D eigenvalue weighted by Gasteiger charge is -2.07. The molecule has 0 fully saturated rings. The molecular weight excluding hydrogens is 310 g/mol. The average molecular weight is 337 g/mol. The van der Waals surface area contributed by atoms with Gasteiger partial charge in [0.2, 0.25) is 5.91 Å². The van der Waals surface area contributed by atoms with Gasteiger partial charge in [-0.3, -0.25) is 9.59 Å². The smallest absolute Gasteiger partial charge is 0.306 e. The van der Waals surface area contributed by atoms with Gasteiger partial charge in [0.1, 0.15) is 6.61 Å². The van der Waals surface area contributed by atoms with E-state index >= 15 is 0 Å². The Balaban J connectivity index is 1.96. The fourth-order valence-electron chi connectivity index (χ4n) is 1.84. The van der Waals surface area contributed by atoms with Crippen LogP contribution in [0.1, 0.15) is 31.7 Å². The molecule has 1 amide bonds. The van der Waals surface area contributed by atoms with Gasteiger partial charge in [-0.1, -0.05) is 37.3 Å². The Bertz CT molecular complexity index is 464. The monoisotopic (exact) mass is 337 g/mol. The molecule has 0 bridgehead atoms. The number of rotatable bonds is 13. The molecule has 134 valence electrons. The Hall–Kier alpha value is -1.92. The molecule has 0 radical (unpaired) electrons. The summed E-state index contributed by atoms with van der Waals surface area (Å²) in [5.41, 5.74) is 0.926. The van der Waals surface area contributed by atoms with Gasteiger partial charge in [-0.25, -0.2) is 0 Å². The summed E-state index contributed by atoms with van der Waals surface area (Å²) >= 11 is 0. The molecule has 0 saturated carbocycles. The van der Waals surface area contributed by atoms with Gasteiger partial charge >= 0.3 is 5.97 Å². The molecule has 24 heavy (non-hydrogen) atoms. The van der Waals surface area contributed by atoms with Crippen LogP contribution in [0.15, 0.2) is 30.3 Å². The average Bonchev–Trinajstić information content (AvgIpc) is 2.61. The molecule has 6 heteroatoms. The number of benzene rings is 1. The Kier molecular flexibility index (Phi) is 11.3. The van der Waals surface area contributed by atoms with Crippen LogP contribution < -0.4 is 5.32 Å². The molecule has 0 unspecified atom stereocenters. The number of carbonyl (C=O) groups excluding carboxylic acids is 2. The van der Waals surface area contributed by atoms with Crippen molar-refractivity contribution in [2.24, 2.45) is 0 Å². The van der Waals surface area contributed by atoms with Crippen molar-refractivity contribution in [1.29, 1.82) is 0 Å². The summed E-state index contributed by atoms with van der Waals surface area (Å²) in [5, 5.41) is 2.70. The van der Waals surface area contributed by atoms with E-state index in [-0.39, 0.29) is 31.3 Å². The number of ether oxygens (including phenoxy) is 3. The molecule has 0 heterocycles. The molecule has 0 spiro atoms. The summed E-state index contributed by atoms with van der Waals surface area (Å²) in [7, 11) is 0. The maximum absolute atomic E-state index is 11.6. The molecule has 1 aromatic carbocycles. The van der Waals surface area contributed by atoms with Crippen LogP contribution in [0.2, 0.25) is 0 Å². The van der Waals surface area contributed by atoms with Crippen molar-refractivity contribution < 1.29 is 23.8 Å². The second-order valence-electron chi connectivity index (χ2n) is 5.22. The Morgan fingerprint density at radius 3 is 2.38 bits per heavy atom. The highest BCUT2D eigenvalue weighted by atomic mass is 16.5. The van der Waals surface area contributed by atoms with Crippen LogP contribution in [0.25, 0.3) is 0 Å². The summed E-state index contributed by atoms with van der Waals surface area (Å²) in [5.74, 6) is -0.559. The number of hydrogen-bond donors (Lipinski definition) is 1. The van der Waals surface area contributed by atoms with Crippen LogP contribution in [0.4, 0.5) is 0 Å². The van der Waals surface area contributed by atoms with Crippen molar-refractivity contribution >= 4 is 11.9 Å². The maximum atomic E-state index is 11.6. The molecule has 1 N–H and O–H groups in total. The molecule has 0 aliphatic carbocycles. The number of amides is 1. The first-order chi connectivity index (χ1) is 11.7. The Morgan fingerprint density at radius 1 is 0.958 bits per heavy atom. The van der Waals surface area contributed by atoms with Crippen molar-refractivity contribution in [3.05, 3.63) is 35.9 Å². The summed E-state index contributed by atoms with van der Waals surface area (Å²) < 4.78 is 15.7. The van der Waals surface area contributed by atoms with E-state index in [9.17, 15) is 9.59 Å². The van der Waals surface area contributed by atoms with E-state index in [1.165, 1.54) is 0 Å². The van der Waals surface area contributed by atoms with E-state index in [0.717, 1.165) is 18.6 Å². The highest BCUT2D eigenvalue weighted by Gasteiger charge is 2.08. The zero-order chi connectivity index (χ0) is 17.5. The van der Waals surface area contributed by atoms with Crippen LogP contribution in [-0.4, -0.2) is 44.8 Å². The minimum absolute atomic E-state index is 0.0738. The van der Waals surface area contributed by atoms with Crippen LogP contribution in [0, 0.1) is 0 Å². The van der Waals surface area contributed by atoms with E-state index in [4.69, 9.17) is 14.2 Å². The van der Waals surface area contributed by atoms with Crippen LogP contribution in [0.5, 0.6) is 0 Å². The molecular formula is C18H27NO5. The minimum atomic E-state index is -0.377. The second kappa shape index (κ2) is 13.5. The zero-order valence-corrected chi connectivity index (χ0v) is 14.3. The minimum Gasteiger partial charge on any atom is -0.461 e. The van der Waals surface area contributed by atoms with Crippen LogP contribution in [0.3, 0.4) is 0 Å². The summed E-state index contributed by atoms with van der Waals surface area (Å²) in [6, 6.07) is 9.43. The first-order valence-corrected chi connectivity index (χ1v) is 8.34. The molecule has 0 aliphatic rings. The third-order valence-corrected chi connectivity index (χ3v) is 3.09. The largest absolute Gasteiger partial charge is 0.461 e. The van der Waals surface area contributed by atoms with Crippen LogP contribution >= 0.6 is 0 Å². The van der Waals surface area contributed by atoms with Gasteiger partial charge in [-0.15, -0.1) is 0 Å². The van der Waals surface area contributed by atoms with Crippen molar-refractivity contribution in [1.82, 2.24) is 5.32 Å². The number of nitrogens with one attached hydrogen (secondary N) is 1. The SMILES string of the molecule is CCCOCCOCCNC(=O)CCC(=O)OCc1ccccc1. The van der Waals surface area contributed by atoms with Gasteiger partial charge in [-0.05, 0) is 12.0 Å². The quantitative estimate of drug-likeness (QED) is 0.441. The molecule has 1 rings (SSSR count). The lowest BCUT2D eigenvalue weighted by molar-refractivity contribution is -0.146. The van der Waals surface area contributed by atoms with Gasteiger partial charge < -0.3 is 19.5 Å². The normalized spacial score (nSPS) is 10.4.